The normalized spacial score (nSPS) is 17.4. The number of carbonyl (C=O) groups excluding carboxylic acids is 1. The summed E-state index contributed by atoms with van der Waals surface area (Å²) in [5.74, 6) is -0.0195. The van der Waals surface area contributed by atoms with Crippen molar-refractivity contribution in [2.75, 3.05) is 6.54 Å². The number of benzene rings is 2. The van der Waals surface area contributed by atoms with Crippen LogP contribution in [0.2, 0.25) is 0 Å². The highest BCUT2D eigenvalue weighted by molar-refractivity contribution is 5.94. The quantitative estimate of drug-likeness (QED) is 0.890. The summed E-state index contributed by atoms with van der Waals surface area (Å²) in [5, 5.41) is 6.51. The van der Waals surface area contributed by atoms with Gasteiger partial charge in [-0.3, -0.25) is 4.79 Å². The van der Waals surface area contributed by atoms with Crippen LogP contribution >= 0.6 is 0 Å². The first-order chi connectivity index (χ1) is 10.9. The molecular weight excluding hydrogens is 284 g/mol. The third-order valence-electron chi connectivity index (χ3n) is 4.41. The van der Waals surface area contributed by atoms with Gasteiger partial charge in [-0.25, -0.2) is 0 Å². The van der Waals surface area contributed by atoms with Crippen molar-refractivity contribution in [1.29, 1.82) is 0 Å². The van der Waals surface area contributed by atoms with Crippen molar-refractivity contribution >= 4 is 5.91 Å². The Morgan fingerprint density at radius 1 is 1.09 bits per heavy atom. The van der Waals surface area contributed by atoms with Gasteiger partial charge in [-0.1, -0.05) is 57.2 Å². The molecule has 0 fully saturated rings. The molecule has 0 spiro atoms. The fourth-order valence-corrected chi connectivity index (χ4v) is 2.99. The van der Waals surface area contributed by atoms with Crippen LogP contribution in [0.1, 0.15) is 53.9 Å². The topological polar surface area (TPSA) is 41.1 Å². The van der Waals surface area contributed by atoms with E-state index in [0.29, 0.717) is 5.56 Å². The Kier molecular flexibility index (Phi) is 4.22. The standard InChI is InChI=1S/C20H24N2O/c1-20(2,3)16-10-8-14(9-11-16)19(23)22-18-13-21-12-15-6-4-5-7-17(15)18/h4-11,18,21H,12-13H2,1-3H3,(H,22,23). The SMILES string of the molecule is CC(C)(C)c1ccc(C(=O)NC2CNCc3ccccc32)cc1. The summed E-state index contributed by atoms with van der Waals surface area (Å²) >= 11 is 0. The molecule has 0 saturated heterocycles. The van der Waals surface area contributed by atoms with Gasteiger partial charge in [0.1, 0.15) is 0 Å². The second-order valence-electron chi connectivity index (χ2n) is 7.18. The van der Waals surface area contributed by atoms with Crippen LogP contribution in [0.4, 0.5) is 0 Å². The smallest absolute Gasteiger partial charge is 0.251 e. The number of nitrogens with one attached hydrogen (secondary N) is 2. The van der Waals surface area contributed by atoms with Crippen molar-refractivity contribution in [3.8, 4) is 0 Å². The molecule has 0 radical (unpaired) electrons. The molecule has 0 aliphatic carbocycles. The zero-order valence-electron chi connectivity index (χ0n) is 14.0. The zero-order chi connectivity index (χ0) is 16.4. The molecule has 3 heteroatoms. The maximum absolute atomic E-state index is 12.5. The van der Waals surface area contributed by atoms with Crippen LogP contribution < -0.4 is 10.6 Å². The molecule has 2 aromatic carbocycles. The predicted octanol–water partition coefficient (Wildman–Crippen LogP) is 3.56. The highest BCUT2D eigenvalue weighted by Crippen LogP contribution is 2.24. The minimum Gasteiger partial charge on any atom is -0.344 e. The molecule has 0 bridgehead atoms. The Bertz CT molecular complexity index is 698. The number of fused-ring (bicyclic) bond motifs is 1. The Labute approximate surface area is 138 Å². The molecule has 1 aliphatic heterocycles. The van der Waals surface area contributed by atoms with Gasteiger partial charge in [0.25, 0.3) is 5.91 Å². The maximum atomic E-state index is 12.5. The van der Waals surface area contributed by atoms with Gasteiger partial charge >= 0.3 is 0 Å². The molecule has 3 nitrogen and oxygen atoms in total. The Hall–Kier alpha value is -2.13. The maximum Gasteiger partial charge on any atom is 0.251 e. The molecule has 2 aromatic rings. The summed E-state index contributed by atoms with van der Waals surface area (Å²) in [6.07, 6.45) is 0. The van der Waals surface area contributed by atoms with E-state index in [1.54, 1.807) is 0 Å². The highest BCUT2D eigenvalue weighted by Gasteiger charge is 2.22. The number of carbonyl (C=O) groups is 1. The number of hydrogen-bond acceptors (Lipinski definition) is 2. The molecule has 120 valence electrons. The van der Waals surface area contributed by atoms with Crippen LogP contribution in [0.3, 0.4) is 0 Å². The lowest BCUT2D eigenvalue weighted by atomic mass is 9.86. The third-order valence-corrected chi connectivity index (χ3v) is 4.41. The lowest BCUT2D eigenvalue weighted by molar-refractivity contribution is 0.0934. The van der Waals surface area contributed by atoms with E-state index in [1.165, 1.54) is 16.7 Å². The van der Waals surface area contributed by atoms with E-state index in [4.69, 9.17) is 0 Å². The first kappa shape index (κ1) is 15.8. The molecule has 2 N–H and O–H groups in total. The van der Waals surface area contributed by atoms with Crippen molar-refractivity contribution in [2.45, 2.75) is 38.8 Å². The monoisotopic (exact) mass is 308 g/mol. The number of hydrogen-bond donors (Lipinski definition) is 2. The van der Waals surface area contributed by atoms with Crippen LogP contribution in [0.25, 0.3) is 0 Å². The second-order valence-corrected chi connectivity index (χ2v) is 7.18. The molecule has 1 unspecified atom stereocenters. The third kappa shape index (κ3) is 3.45. The van der Waals surface area contributed by atoms with Gasteiger partial charge < -0.3 is 10.6 Å². The van der Waals surface area contributed by atoms with Crippen molar-refractivity contribution in [3.63, 3.8) is 0 Å². The van der Waals surface area contributed by atoms with Crippen LogP contribution in [-0.4, -0.2) is 12.5 Å². The minimum atomic E-state index is -0.0195. The molecule has 1 heterocycles. The number of amides is 1. The van der Waals surface area contributed by atoms with E-state index in [9.17, 15) is 4.79 Å². The lowest BCUT2D eigenvalue weighted by Gasteiger charge is -2.27. The van der Waals surface area contributed by atoms with Gasteiger partial charge in [-0.05, 0) is 34.2 Å². The first-order valence-corrected chi connectivity index (χ1v) is 8.15. The summed E-state index contributed by atoms with van der Waals surface area (Å²) in [6, 6.07) is 16.2. The summed E-state index contributed by atoms with van der Waals surface area (Å²) in [4.78, 5) is 12.5. The van der Waals surface area contributed by atoms with Crippen molar-refractivity contribution in [1.82, 2.24) is 10.6 Å². The van der Waals surface area contributed by atoms with E-state index < -0.39 is 0 Å². The van der Waals surface area contributed by atoms with Crippen LogP contribution in [0.5, 0.6) is 0 Å². The second kappa shape index (κ2) is 6.17. The molecule has 23 heavy (non-hydrogen) atoms. The molecule has 1 aliphatic rings. The summed E-state index contributed by atoms with van der Waals surface area (Å²) in [5.41, 5.74) is 4.51. The molecule has 1 amide bonds. The van der Waals surface area contributed by atoms with E-state index >= 15 is 0 Å². The molecule has 0 aromatic heterocycles. The van der Waals surface area contributed by atoms with Gasteiger partial charge in [0.2, 0.25) is 0 Å². The van der Waals surface area contributed by atoms with Crippen LogP contribution in [0, 0.1) is 0 Å². The molecule has 3 rings (SSSR count). The molecule has 0 saturated carbocycles. The average Bonchev–Trinajstić information content (AvgIpc) is 2.54. The van der Waals surface area contributed by atoms with Gasteiger partial charge in [0.05, 0.1) is 6.04 Å². The molecular formula is C20H24N2O. The highest BCUT2D eigenvalue weighted by atomic mass is 16.1. The van der Waals surface area contributed by atoms with E-state index in [2.05, 4.69) is 43.5 Å². The summed E-state index contributed by atoms with van der Waals surface area (Å²) < 4.78 is 0. The van der Waals surface area contributed by atoms with Crippen LogP contribution in [0.15, 0.2) is 48.5 Å². The molecule has 1 atom stereocenters. The summed E-state index contributed by atoms with van der Waals surface area (Å²) in [6.45, 7) is 8.15. The van der Waals surface area contributed by atoms with Crippen molar-refractivity contribution < 1.29 is 4.79 Å². The van der Waals surface area contributed by atoms with Crippen LogP contribution in [-0.2, 0) is 12.0 Å². The first-order valence-electron chi connectivity index (χ1n) is 8.15. The van der Waals surface area contributed by atoms with Gasteiger partial charge in [0, 0.05) is 18.7 Å². The van der Waals surface area contributed by atoms with Gasteiger partial charge in [0.15, 0.2) is 0 Å². The fourth-order valence-electron chi connectivity index (χ4n) is 2.99. The van der Waals surface area contributed by atoms with Gasteiger partial charge in [-0.15, -0.1) is 0 Å². The predicted molar refractivity (Wildman–Crippen MR) is 93.5 cm³/mol. The fraction of sp³-hybridized carbons (Fsp3) is 0.350. The van der Waals surface area contributed by atoms with Gasteiger partial charge in [-0.2, -0.15) is 0 Å². The largest absolute Gasteiger partial charge is 0.344 e. The average molecular weight is 308 g/mol. The van der Waals surface area contributed by atoms with Crippen molar-refractivity contribution in [3.05, 3.63) is 70.8 Å². The van der Waals surface area contributed by atoms with Crippen molar-refractivity contribution in [2.24, 2.45) is 0 Å². The Balaban J connectivity index is 1.75. The Morgan fingerprint density at radius 3 is 2.48 bits per heavy atom. The zero-order valence-corrected chi connectivity index (χ0v) is 14.0. The number of rotatable bonds is 2. The minimum absolute atomic E-state index is 0.0195. The summed E-state index contributed by atoms with van der Waals surface area (Å²) in [7, 11) is 0. The van der Waals surface area contributed by atoms with E-state index in [-0.39, 0.29) is 17.4 Å². The van der Waals surface area contributed by atoms with E-state index in [1.807, 2.05) is 36.4 Å². The Morgan fingerprint density at radius 2 is 1.78 bits per heavy atom. The lowest BCUT2D eigenvalue weighted by Crippen LogP contribution is -2.39. The van der Waals surface area contributed by atoms with E-state index in [0.717, 1.165) is 13.1 Å².